The number of benzene rings is 1. The second-order valence-corrected chi connectivity index (χ2v) is 6.51. The van der Waals surface area contributed by atoms with Crippen molar-refractivity contribution in [3.05, 3.63) is 35.9 Å². The van der Waals surface area contributed by atoms with Crippen molar-refractivity contribution in [3.8, 4) is 0 Å². The van der Waals surface area contributed by atoms with Crippen LogP contribution in [0, 0.1) is 10.8 Å². The molecule has 4 heteroatoms. The molecule has 1 aliphatic carbocycles. The molecule has 0 radical (unpaired) electrons. The SMILES string of the molecule is CC(NC(=O)C1(C(=O)O)CC(C)(C)C1)c1ccccc1. The van der Waals surface area contributed by atoms with E-state index >= 15 is 0 Å². The summed E-state index contributed by atoms with van der Waals surface area (Å²) in [6.45, 7) is 5.84. The predicted molar refractivity (Wildman–Crippen MR) is 76.1 cm³/mol. The molecule has 2 N–H and O–H groups in total. The Morgan fingerprint density at radius 2 is 1.75 bits per heavy atom. The Labute approximate surface area is 119 Å². The van der Waals surface area contributed by atoms with Crippen LogP contribution in [0.5, 0.6) is 0 Å². The Hall–Kier alpha value is -1.84. The lowest BCUT2D eigenvalue weighted by Gasteiger charge is -2.49. The maximum absolute atomic E-state index is 12.4. The van der Waals surface area contributed by atoms with Gasteiger partial charge in [-0.05, 0) is 30.7 Å². The number of aliphatic carboxylic acids is 1. The molecule has 0 aliphatic heterocycles. The van der Waals surface area contributed by atoms with Crippen molar-refractivity contribution in [2.45, 2.75) is 39.7 Å². The maximum Gasteiger partial charge on any atom is 0.319 e. The largest absolute Gasteiger partial charge is 0.480 e. The molecule has 1 saturated carbocycles. The van der Waals surface area contributed by atoms with Crippen molar-refractivity contribution < 1.29 is 14.7 Å². The van der Waals surface area contributed by atoms with Gasteiger partial charge in [-0.1, -0.05) is 44.2 Å². The fourth-order valence-electron chi connectivity index (χ4n) is 3.15. The van der Waals surface area contributed by atoms with Crippen LogP contribution in [0.3, 0.4) is 0 Å². The average molecular weight is 275 g/mol. The van der Waals surface area contributed by atoms with E-state index in [4.69, 9.17) is 0 Å². The van der Waals surface area contributed by atoms with Crippen molar-refractivity contribution in [2.75, 3.05) is 0 Å². The van der Waals surface area contributed by atoms with Gasteiger partial charge in [-0.2, -0.15) is 0 Å². The molecule has 1 amide bonds. The molecule has 1 fully saturated rings. The van der Waals surface area contributed by atoms with Gasteiger partial charge in [-0.15, -0.1) is 0 Å². The molecule has 0 saturated heterocycles. The smallest absolute Gasteiger partial charge is 0.319 e. The number of carbonyl (C=O) groups is 2. The summed E-state index contributed by atoms with van der Waals surface area (Å²) in [4.78, 5) is 23.9. The molecular weight excluding hydrogens is 254 g/mol. The number of carbonyl (C=O) groups excluding carboxylic acids is 1. The van der Waals surface area contributed by atoms with Gasteiger partial charge in [0.15, 0.2) is 0 Å². The van der Waals surface area contributed by atoms with Gasteiger partial charge in [0.2, 0.25) is 5.91 Å². The van der Waals surface area contributed by atoms with Gasteiger partial charge in [0, 0.05) is 0 Å². The number of carboxylic acids is 1. The Balaban J connectivity index is 2.09. The lowest BCUT2D eigenvalue weighted by molar-refractivity contribution is -0.171. The third-order valence-corrected chi connectivity index (χ3v) is 4.05. The number of hydrogen-bond donors (Lipinski definition) is 2. The van der Waals surface area contributed by atoms with Gasteiger partial charge in [-0.25, -0.2) is 0 Å². The highest BCUT2D eigenvalue weighted by atomic mass is 16.4. The summed E-state index contributed by atoms with van der Waals surface area (Å²) in [5.74, 6) is -1.39. The third-order valence-electron chi connectivity index (χ3n) is 4.05. The molecule has 1 atom stereocenters. The molecule has 20 heavy (non-hydrogen) atoms. The maximum atomic E-state index is 12.4. The van der Waals surface area contributed by atoms with Gasteiger partial charge in [-0.3, -0.25) is 9.59 Å². The third kappa shape index (κ3) is 2.55. The summed E-state index contributed by atoms with van der Waals surface area (Å²) in [7, 11) is 0. The number of hydrogen-bond acceptors (Lipinski definition) is 2. The lowest BCUT2D eigenvalue weighted by Crippen LogP contribution is -2.57. The van der Waals surface area contributed by atoms with E-state index in [1.54, 1.807) is 0 Å². The Morgan fingerprint density at radius 3 is 2.20 bits per heavy atom. The zero-order valence-electron chi connectivity index (χ0n) is 12.1. The van der Waals surface area contributed by atoms with Crippen LogP contribution in [-0.2, 0) is 9.59 Å². The van der Waals surface area contributed by atoms with Crippen LogP contribution in [0.25, 0.3) is 0 Å². The summed E-state index contributed by atoms with van der Waals surface area (Å²) >= 11 is 0. The molecule has 1 unspecified atom stereocenters. The van der Waals surface area contributed by atoms with Crippen LogP contribution >= 0.6 is 0 Å². The van der Waals surface area contributed by atoms with E-state index in [2.05, 4.69) is 5.32 Å². The zero-order valence-corrected chi connectivity index (χ0v) is 12.1. The van der Waals surface area contributed by atoms with E-state index in [0.29, 0.717) is 12.8 Å². The highest BCUT2D eigenvalue weighted by Crippen LogP contribution is 2.54. The molecule has 4 nitrogen and oxygen atoms in total. The number of rotatable bonds is 4. The monoisotopic (exact) mass is 275 g/mol. The molecule has 1 aromatic carbocycles. The predicted octanol–water partition coefficient (Wildman–Crippen LogP) is 2.75. The fraction of sp³-hybridized carbons (Fsp3) is 0.500. The summed E-state index contributed by atoms with van der Waals surface area (Å²) in [5, 5.41) is 12.2. The zero-order chi connectivity index (χ0) is 15.0. The van der Waals surface area contributed by atoms with E-state index in [1.807, 2.05) is 51.1 Å². The quantitative estimate of drug-likeness (QED) is 0.830. The topological polar surface area (TPSA) is 66.4 Å². The molecule has 0 aromatic heterocycles. The summed E-state index contributed by atoms with van der Waals surface area (Å²) < 4.78 is 0. The first kappa shape index (κ1) is 14.6. The molecule has 108 valence electrons. The first-order valence-electron chi connectivity index (χ1n) is 6.86. The van der Waals surface area contributed by atoms with E-state index < -0.39 is 11.4 Å². The molecular formula is C16H21NO3. The van der Waals surface area contributed by atoms with Crippen molar-refractivity contribution >= 4 is 11.9 Å². The van der Waals surface area contributed by atoms with Gasteiger partial charge < -0.3 is 10.4 Å². The van der Waals surface area contributed by atoms with Crippen molar-refractivity contribution in [2.24, 2.45) is 10.8 Å². The minimum atomic E-state index is -1.26. The highest BCUT2D eigenvalue weighted by Gasteiger charge is 2.59. The lowest BCUT2D eigenvalue weighted by atomic mass is 9.54. The van der Waals surface area contributed by atoms with Gasteiger partial charge >= 0.3 is 5.97 Å². The summed E-state index contributed by atoms with van der Waals surface area (Å²) in [6.07, 6.45) is 0.783. The summed E-state index contributed by atoms with van der Waals surface area (Å²) in [5.41, 5.74) is -0.363. The molecule has 0 heterocycles. The summed E-state index contributed by atoms with van der Waals surface area (Å²) in [6, 6.07) is 9.36. The van der Waals surface area contributed by atoms with Crippen LogP contribution in [0.4, 0.5) is 0 Å². The van der Waals surface area contributed by atoms with Crippen LogP contribution in [0.2, 0.25) is 0 Å². The Morgan fingerprint density at radius 1 is 1.20 bits per heavy atom. The van der Waals surface area contributed by atoms with E-state index in [-0.39, 0.29) is 17.4 Å². The highest BCUT2D eigenvalue weighted by molar-refractivity contribution is 6.03. The standard InChI is InChI=1S/C16H21NO3/c1-11(12-7-5-4-6-8-12)17-13(18)16(14(19)20)9-15(2,3)10-16/h4-8,11H,9-10H2,1-3H3,(H,17,18)(H,19,20). The van der Waals surface area contributed by atoms with E-state index in [9.17, 15) is 14.7 Å². The molecule has 1 aliphatic rings. The molecule has 0 bridgehead atoms. The Kier molecular flexibility index (Phi) is 3.59. The first-order chi connectivity index (χ1) is 9.27. The Bertz CT molecular complexity index is 514. The average Bonchev–Trinajstić information content (AvgIpc) is 2.35. The van der Waals surface area contributed by atoms with Crippen LogP contribution < -0.4 is 5.32 Å². The van der Waals surface area contributed by atoms with Gasteiger partial charge in [0.25, 0.3) is 0 Å². The van der Waals surface area contributed by atoms with Crippen molar-refractivity contribution in [1.82, 2.24) is 5.32 Å². The minimum absolute atomic E-state index is 0.0777. The molecule has 1 aromatic rings. The number of nitrogens with one attached hydrogen (secondary N) is 1. The fourth-order valence-corrected chi connectivity index (χ4v) is 3.15. The van der Waals surface area contributed by atoms with E-state index in [1.165, 1.54) is 0 Å². The molecule has 2 rings (SSSR count). The van der Waals surface area contributed by atoms with E-state index in [0.717, 1.165) is 5.56 Å². The number of carboxylic acid groups (broad SMARTS) is 1. The second kappa shape index (κ2) is 4.93. The van der Waals surface area contributed by atoms with Crippen molar-refractivity contribution in [1.29, 1.82) is 0 Å². The van der Waals surface area contributed by atoms with Crippen LogP contribution in [0.15, 0.2) is 30.3 Å². The van der Waals surface area contributed by atoms with Crippen LogP contribution in [-0.4, -0.2) is 17.0 Å². The van der Waals surface area contributed by atoms with Gasteiger partial charge in [0.1, 0.15) is 5.41 Å². The number of amides is 1. The minimum Gasteiger partial charge on any atom is -0.480 e. The second-order valence-electron chi connectivity index (χ2n) is 6.51. The van der Waals surface area contributed by atoms with Crippen LogP contribution in [0.1, 0.15) is 45.2 Å². The van der Waals surface area contributed by atoms with Gasteiger partial charge in [0.05, 0.1) is 6.04 Å². The molecule has 0 spiro atoms. The first-order valence-corrected chi connectivity index (χ1v) is 6.86. The normalized spacial score (nSPS) is 20.6. The van der Waals surface area contributed by atoms with Crippen molar-refractivity contribution in [3.63, 3.8) is 0 Å².